The van der Waals surface area contributed by atoms with Crippen molar-refractivity contribution in [2.75, 3.05) is 32.8 Å². The average Bonchev–Trinajstić information content (AvgIpc) is 3.33. The fraction of sp³-hybridized carbons (Fsp3) is 0.400. The molecule has 136 valence electrons. The first-order chi connectivity index (χ1) is 12.7. The zero-order valence-electron chi connectivity index (χ0n) is 15.0. The zero-order valence-corrected chi connectivity index (χ0v) is 15.0. The Labute approximate surface area is 153 Å². The fourth-order valence-corrected chi connectivity index (χ4v) is 3.49. The molecule has 2 aliphatic rings. The van der Waals surface area contributed by atoms with Crippen molar-refractivity contribution in [2.45, 2.75) is 19.4 Å². The number of amides is 1. The van der Waals surface area contributed by atoms with Gasteiger partial charge in [0, 0.05) is 6.42 Å². The molecule has 1 fully saturated rings. The molecule has 2 aromatic rings. The first kappa shape index (κ1) is 17.0. The standard InChI is InChI=1S/C20H23N3O3/c1-15-4-6-16(7-5-15)17-13-18(19-3-2-10-26-19)23(21-17)20(24)14-22-8-11-25-12-9-22/h2-7,10,18H,8-9,11-14H2,1H3/p+1/t18-/m1/s1. The minimum atomic E-state index is -0.172. The predicted molar refractivity (Wildman–Crippen MR) is 97.0 cm³/mol. The van der Waals surface area contributed by atoms with E-state index in [1.807, 2.05) is 12.1 Å². The monoisotopic (exact) mass is 354 g/mol. The van der Waals surface area contributed by atoms with Gasteiger partial charge in [-0.15, -0.1) is 0 Å². The van der Waals surface area contributed by atoms with Crippen LogP contribution in [0.15, 0.2) is 52.2 Å². The largest absolute Gasteiger partial charge is 0.467 e. The highest BCUT2D eigenvalue weighted by molar-refractivity contribution is 6.03. The summed E-state index contributed by atoms with van der Waals surface area (Å²) in [7, 11) is 0. The SMILES string of the molecule is Cc1ccc(C2=NN(C(=O)C[NH+]3CCOCC3)[C@@H](c3ccco3)C2)cc1. The maximum atomic E-state index is 13.0. The Morgan fingerprint density at radius 3 is 2.69 bits per heavy atom. The first-order valence-electron chi connectivity index (χ1n) is 9.12. The number of hydrogen-bond donors (Lipinski definition) is 1. The number of nitrogens with one attached hydrogen (secondary N) is 1. The number of morpholine rings is 1. The van der Waals surface area contributed by atoms with Crippen LogP contribution in [0.3, 0.4) is 0 Å². The summed E-state index contributed by atoms with van der Waals surface area (Å²) in [6, 6.07) is 11.9. The van der Waals surface area contributed by atoms with Gasteiger partial charge in [0.2, 0.25) is 0 Å². The molecule has 0 bridgehead atoms. The van der Waals surface area contributed by atoms with E-state index in [0.29, 0.717) is 26.2 Å². The Balaban J connectivity index is 1.56. The summed E-state index contributed by atoms with van der Waals surface area (Å²) in [5.41, 5.74) is 3.19. The van der Waals surface area contributed by atoms with E-state index in [2.05, 4.69) is 36.3 Å². The lowest BCUT2D eigenvalue weighted by atomic mass is 10.0. The molecular weight excluding hydrogens is 330 g/mol. The van der Waals surface area contributed by atoms with Gasteiger partial charge in [-0.25, -0.2) is 5.01 Å². The van der Waals surface area contributed by atoms with Gasteiger partial charge in [0.25, 0.3) is 5.91 Å². The molecule has 3 heterocycles. The molecule has 26 heavy (non-hydrogen) atoms. The number of benzene rings is 1. The van der Waals surface area contributed by atoms with Crippen LogP contribution in [-0.4, -0.2) is 49.5 Å². The predicted octanol–water partition coefficient (Wildman–Crippen LogP) is 1.18. The van der Waals surface area contributed by atoms with E-state index < -0.39 is 0 Å². The lowest BCUT2D eigenvalue weighted by Crippen LogP contribution is -3.15. The summed E-state index contributed by atoms with van der Waals surface area (Å²) >= 11 is 0. The summed E-state index contributed by atoms with van der Waals surface area (Å²) in [4.78, 5) is 14.2. The average molecular weight is 354 g/mol. The second kappa shape index (κ2) is 7.43. The second-order valence-corrected chi connectivity index (χ2v) is 6.93. The number of furan rings is 1. The van der Waals surface area contributed by atoms with Gasteiger partial charge >= 0.3 is 0 Å². The molecule has 1 aromatic carbocycles. The van der Waals surface area contributed by atoms with Crippen LogP contribution >= 0.6 is 0 Å². The van der Waals surface area contributed by atoms with Crippen LogP contribution in [0.1, 0.15) is 29.3 Å². The number of hydrogen-bond acceptors (Lipinski definition) is 4. The molecule has 0 aliphatic carbocycles. The highest BCUT2D eigenvalue weighted by Gasteiger charge is 2.36. The van der Waals surface area contributed by atoms with Crippen molar-refractivity contribution in [3.05, 3.63) is 59.5 Å². The molecule has 1 atom stereocenters. The smallest absolute Gasteiger partial charge is 0.298 e. The summed E-state index contributed by atoms with van der Waals surface area (Å²) in [5, 5.41) is 6.31. The zero-order chi connectivity index (χ0) is 17.9. The molecule has 6 heteroatoms. The minimum absolute atomic E-state index is 0.0328. The number of quaternary nitrogens is 1. The van der Waals surface area contributed by atoms with Crippen LogP contribution in [0.2, 0.25) is 0 Å². The Morgan fingerprint density at radius 1 is 1.23 bits per heavy atom. The Kier molecular flexibility index (Phi) is 4.86. The van der Waals surface area contributed by atoms with E-state index >= 15 is 0 Å². The Hall–Kier alpha value is -2.44. The van der Waals surface area contributed by atoms with Gasteiger partial charge in [0.05, 0.1) is 25.2 Å². The van der Waals surface area contributed by atoms with Crippen LogP contribution < -0.4 is 4.90 Å². The molecule has 6 nitrogen and oxygen atoms in total. The van der Waals surface area contributed by atoms with Crippen molar-refractivity contribution in [2.24, 2.45) is 5.10 Å². The topological polar surface area (TPSA) is 59.5 Å². The Bertz CT molecular complexity index is 777. The van der Waals surface area contributed by atoms with Crippen LogP contribution in [0.4, 0.5) is 0 Å². The number of nitrogens with zero attached hydrogens (tertiary/aromatic N) is 2. The Morgan fingerprint density at radius 2 is 2.00 bits per heavy atom. The number of ether oxygens (including phenoxy) is 1. The number of rotatable bonds is 4. The molecular formula is C20H24N3O3+. The summed E-state index contributed by atoms with van der Waals surface area (Å²) in [5.74, 6) is 0.812. The first-order valence-corrected chi connectivity index (χ1v) is 9.12. The molecule has 0 unspecified atom stereocenters. The minimum Gasteiger partial charge on any atom is -0.467 e. The third-order valence-corrected chi connectivity index (χ3v) is 5.02. The van der Waals surface area contributed by atoms with Crippen molar-refractivity contribution in [1.82, 2.24) is 5.01 Å². The van der Waals surface area contributed by atoms with Crippen LogP contribution in [-0.2, 0) is 9.53 Å². The quantitative estimate of drug-likeness (QED) is 0.897. The maximum Gasteiger partial charge on any atom is 0.298 e. The summed E-state index contributed by atoms with van der Waals surface area (Å²) in [6.07, 6.45) is 2.32. The van der Waals surface area contributed by atoms with Gasteiger partial charge in [0.1, 0.15) is 24.9 Å². The third kappa shape index (κ3) is 3.57. The maximum absolute atomic E-state index is 13.0. The van der Waals surface area contributed by atoms with Crippen molar-refractivity contribution in [1.29, 1.82) is 0 Å². The van der Waals surface area contributed by atoms with E-state index in [-0.39, 0.29) is 11.9 Å². The van der Waals surface area contributed by atoms with Gasteiger partial charge in [-0.1, -0.05) is 29.8 Å². The van der Waals surface area contributed by atoms with E-state index in [4.69, 9.17) is 9.15 Å². The molecule has 1 N–H and O–H groups in total. The normalized spacial score (nSPS) is 21.0. The molecule has 4 rings (SSSR count). The molecule has 1 saturated heterocycles. The molecule has 0 spiro atoms. The number of hydrazone groups is 1. The lowest BCUT2D eigenvalue weighted by Gasteiger charge is -2.26. The summed E-state index contributed by atoms with van der Waals surface area (Å²) in [6.45, 7) is 5.64. The van der Waals surface area contributed by atoms with Crippen LogP contribution in [0, 0.1) is 6.92 Å². The van der Waals surface area contributed by atoms with Gasteiger partial charge in [-0.2, -0.15) is 5.10 Å². The summed E-state index contributed by atoms with van der Waals surface area (Å²) < 4.78 is 11.0. The molecule has 2 aliphatic heterocycles. The second-order valence-electron chi connectivity index (χ2n) is 6.93. The van der Waals surface area contributed by atoms with Crippen molar-refractivity contribution in [3.8, 4) is 0 Å². The third-order valence-electron chi connectivity index (χ3n) is 5.02. The van der Waals surface area contributed by atoms with Crippen LogP contribution in [0.25, 0.3) is 0 Å². The van der Waals surface area contributed by atoms with E-state index in [9.17, 15) is 4.79 Å². The van der Waals surface area contributed by atoms with Gasteiger partial charge < -0.3 is 14.1 Å². The van der Waals surface area contributed by atoms with Gasteiger partial charge in [-0.3, -0.25) is 4.79 Å². The van der Waals surface area contributed by atoms with E-state index in [1.165, 1.54) is 10.5 Å². The van der Waals surface area contributed by atoms with Gasteiger partial charge in [-0.05, 0) is 24.6 Å². The highest BCUT2D eigenvalue weighted by Crippen LogP contribution is 2.32. The van der Waals surface area contributed by atoms with E-state index in [1.54, 1.807) is 11.3 Å². The number of carbonyl (C=O) groups is 1. The number of carbonyl (C=O) groups excluding carboxylic acids is 1. The van der Waals surface area contributed by atoms with Crippen molar-refractivity contribution >= 4 is 11.6 Å². The lowest BCUT2D eigenvalue weighted by molar-refractivity contribution is -0.900. The van der Waals surface area contributed by atoms with Gasteiger partial charge in [0.15, 0.2) is 6.54 Å². The molecule has 1 aromatic heterocycles. The van der Waals surface area contributed by atoms with Crippen LogP contribution in [0.5, 0.6) is 0 Å². The van der Waals surface area contributed by atoms with Crippen molar-refractivity contribution < 1.29 is 18.8 Å². The molecule has 0 saturated carbocycles. The highest BCUT2D eigenvalue weighted by atomic mass is 16.5. The van der Waals surface area contributed by atoms with E-state index in [0.717, 1.165) is 30.1 Å². The number of aryl methyl sites for hydroxylation is 1. The molecule has 1 amide bonds. The fourth-order valence-electron chi connectivity index (χ4n) is 3.49. The molecule has 0 radical (unpaired) electrons. The van der Waals surface area contributed by atoms with Crippen molar-refractivity contribution in [3.63, 3.8) is 0 Å².